The van der Waals surface area contributed by atoms with Crippen LogP contribution in [0.5, 0.6) is 12.0 Å². The van der Waals surface area contributed by atoms with Crippen LogP contribution >= 0.6 is 34.3 Å². The van der Waals surface area contributed by atoms with Crippen LogP contribution in [-0.4, -0.2) is 122 Å². The third-order valence-corrected chi connectivity index (χ3v) is 19.7. The largest absolute Gasteiger partial charge is 0.460 e. The first kappa shape index (κ1) is 52.4. The van der Waals surface area contributed by atoms with E-state index in [9.17, 15) is 21.9 Å². The number of aliphatic hydroxyl groups excluding tert-OH is 1. The van der Waals surface area contributed by atoms with Gasteiger partial charge in [-0.25, -0.2) is 46.7 Å². The number of fused-ring (bicyclic) bond motifs is 4. The normalized spacial score (nSPS) is 29.4. The second-order valence-electron chi connectivity index (χ2n) is 19.6. The summed E-state index contributed by atoms with van der Waals surface area (Å²) in [5.74, 6) is 1.51. The summed E-state index contributed by atoms with van der Waals surface area (Å²) in [6, 6.07) is 1.28. The van der Waals surface area contributed by atoms with Crippen LogP contribution in [0.15, 0.2) is 35.5 Å². The van der Waals surface area contributed by atoms with Crippen LogP contribution in [0, 0.1) is 0 Å². The maximum atomic E-state index is 12.1. The summed E-state index contributed by atoms with van der Waals surface area (Å²) < 4.78 is 68.4. The number of thiazole rings is 2. The van der Waals surface area contributed by atoms with Crippen molar-refractivity contribution in [1.29, 1.82) is 0 Å². The number of alkyl halides is 1. The van der Waals surface area contributed by atoms with Crippen molar-refractivity contribution in [3.05, 3.63) is 68.1 Å². The van der Waals surface area contributed by atoms with E-state index in [2.05, 4.69) is 49.5 Å². The predicted molar refractivity (Wildman–Crippen MR) is 268 cm³/mol. The highest BCUT2D eigenvalue weighted by atomic mass is 35.5. The fourth-order valence-electron chi connectivity index (χ4n) is 11.1. The average Bonchev–Trinajstić information content (AvgIpc) is 4.14. The fourth-order valence-corrected chi connectivity index (χ4v) is 16.2. The van der Waals surface area contributed by atoms with Crippen molar-refractivity contribution in [1.82, 2.24) is 38.5 Å². The third-order valence-electron chi connectivity index (χ3n) is 14.5. The van der Waals surface area contributed by atoms with Crippen LogP contribution < -0.4 is 9.47 Å². The van der Waals surface area contributed by atoms with Crippen LogP contribution in [0.4, 0.5) is 0 Å². The number of rotatable bonds is 14. The number of piperidine rings is 2. The van der Waals surface area contributed by atoms with Gasteiger partial charge >= 0.3 is 12.0 Å². The van der Waals surface area contributed by atoms with E-state index in [-0.39, 0.29) is 48.6 Å². The molecule has 16 nitrogen and oxygen atoms in total. The van der Waals surface area contributed by atoms with Crippen molar-refractivity contribution in [2.45, 2.75) is 202 Å². The Balaban J connectivity index is 0.000000156. The Morgan fingerprint density at radius 2 is 0.986 bits per heavy atom. The van der Waals surface area contributed by atoms with Crippen molar-refractivity contribution in [3.63, 3.8) is 0 Å². The zero-order valence-corrected chi connectivity index (χ0v) is 44.3. The molecule has 4 saturated heterocycles. The van der Waals surface area contributed by atoms with Crippen molar-refractivity contribution >= 4 is 54.3 Å². The molecule has 2 saturated carbocycles. The number of hydrogen-bond donors (Lipinski definition) is 1. The summed E-state index contributed by atoms with van der Waals surface area (Å²) in [7, 11) is -6.20. The average molecular weight is 1050 g/mol. The maximum Gasteiger partial charge on any atom is 0.316 e. The molecule has 69 heavy (non-hydrogen) atoms. The van der Waals surface area contributed by atoms with E-state index in [1.54, 1.807) is 31.3 Å². The van der Waals surface area contributed by atoms with Gasteiger partial charge < -0.3 is 19.3 Å². The second kappa shape index (κ2) is 23.7. The summed E-state index contributed by atoms with van der Waals surface area (Å²) in [4.78, 5) is 26.7. The molecule has 4 aromatic heterocycles. The number of sulfonamides is 2. The van der Waals surface area contributed by atoms with E-state index >= 15 is 0 Å². The molecular weight excluding hydrogens is 980 g/mol. The monoisotopic (exact) mass is 1050 g/mol. The highest BCUT2D eigenvalue weighted by Crippen LogP contribution is 2.41. The minimum Gasteiger partial charge on any atom is -0.460 e. The summed E-state index contributed by atoms with van der Waals surface area (Å²) in [6.07, 6.45) is 26.9. The van der Waals surface area contributed by atoms with E-state index in [4.69, 9.17) is 30.8 Å². The molecule has 2 unspecified atom stereocenters. The Kier molecular flexibility index (Phi) is 18.0. The molecule has 6 aliphatic rings. The topological polar surface area (TPSA) is 200 Å². The summed E-state index contributed by atoms with van der Waals surface area (Å²) in [5.41, 5.74) is 4.23. The highest BCUT2D eigenvalue weighted by Gasteiger charge is 2.46. The van der Waals surface area contributed by atoms with Crippen LogP contribution in [0.25, 0.3) is 0 Å². The molecule has 0 aromatic carbocycles. The fraction of sp³-hybridized carbons (Fsp3) is 0.708. The van der Waals surface area contributed by atoms with Gasteiger partial charge in [-0.15, -0.1) is 34.3 Å². The van der Waals surface area contributed by atoms with Gasteiger partial charge in [0.15, 0.2) is 0 Å². The van der Waals surface area contributed by atoms with E-state index < -0.39 is 20.0 Å². The molecule has 6 atom stereocenters. The van der Waals surface area contributed by atoms with E-state index in [0.717, 1.165) is 125 Å². The predicted octanol–water partition coefficient (Wildman–Crippen LogP) is 8.35. The Labute approximate surface area is 421 Å². The maximum absolute atomic E-state index is 12.1. The Hall–Kier alpha value is -2.95. The third kappa shape index (κ3) is 14.0. The minimum atomic E-state index is -3.13. The number of aromatic nitrogens is 6. The Morgan fingerprint density at radius 3 is 1.36 bits per heavy atom. The number of aliphatic hydroxyl groups is 1. The summed E-state index contributed by atoms with van der Waals surface area (Å²) >= 11 is 9.28. The first-order valence-electron chi connectivity index (χ1n) is 24.8. The number of aryl methyl sites for hydroxylation is 2. The number of nitrogens with zero attached hydrogens (tertiary/aromatic N) is 8. The van der Waals surface area contributed by atoms with Crippen LogP contribution in [0.3, 0.4) is 0 Å². The van der Waals surface area contributed by atoms with Crippen molar-refractivity contribution < 1.29 is 36.2 Å². The molecule has 4 bridgehead atoms. The van der Waals surface area contributed by atoms with Gasteiger partial charge in [-0.3, -0.25) is 0 Å². The zero-order chi connectivity index (χ0) is 48.7. The van der Waals surface area contributed by atoms with E-state index in [1.807, 2.05) is 24.8 Å². The Morgan fingerprint density at radius 1 is 0.594 bits per heavy atom. The molecule has 10 rings (SSSR count). The molecule has 2 aliphatic carbocycles. The molecule has 4 aliphatic heterocycles. The molecule has 0 radical (unpaired) electrons. The summed E-state index contributed by atoms with van der Waals surface area (Å²) in [6.45, 7) is 4.68. The molecule has 6 fully saturated rings. The highest BCUT2D eigenvalue weighted by molar-refractivity contribution is 7.88. The first-order chi connectivity index (χ1) is 33.1. The van der Waals surface area contributed by atoms with E-state index in [1.165, 1.54) is 22.5 Å². The number of ether oxygens (including phenoxy) is 3. The van der Waals surface area contributed by atoms with Gasteiger partial charge in [0.25, 0.3) is 0 Å². The molecular formula is C48H69ClN8O8S4. The van der Waals surface area contributed by atoms with Gasteiger partial charge in [0.2, 0.25) is 20.0 Å². The molecule has 0 amide bonds. The SMILES string of the molecule is CCc1cnc(OC2CCC(c3nc(CCl)cs3)CC2)nc1.CCc1cnc(OC2CCC(c3nc(COC4C[C@H]5CC[C@@H](C4)N5S(C)(=O)=O)cs3)CC2)nc1.CS(=O)(=O)N1[C@@H]2CC[C@H]1CC(O)C2. The van der Waals surface area contributed by atoms with Gasteiger partial charge in [0, 0.05) is 71.6 Å². The lowest BCUT2D eigenvalue weighted by molar-refractivity contribution is -0.00924. The lowest BCUT2D eigenvalue weighted by Crippen LogP contribution is -2.48. The molecule has 380 valence electrons. The van der Waals surface area contributed by atoms with Gasteiger partial charge in [0.05, 0.1) is 58.6 Å². The standard InChI is InChI=1S/C24H34N4O4S2.C16H20ClN3OS.C8H15NO3S/c1-3-16-12-25-24(26-13-16)32-21-8-4-17(5-9-21)23-27-18(15-33-23)14-31-22-10-19-6-7-20(11-22)28(19)34(2,29)30;1-2-11-8-18-16(19-9-11)21-14-5-3-12(4-6-14)15-20-13(7-17)10-22-15;1-13(11,12)9-6-2-3-7(9)5-8(10)4-6/h12-13,15,17,19-22H,3-11,14H2,1-2H3;8-10,12,14H,2-7H2,1H3;6-8,10H,2-5H2,1H3/t17?,19-,20+,21?,22?;;6-,7+,8?. The van der Waals surface area contributed by atoms with Crippen LogP contribution in [0.2, 0.25) is 0 Å². The van der Waals surface area contributed by atoms with Gasteiger partial charge in [0.1, 0.15) is 12.2 Å². The zero-order valence-electron chi connectivity index (χ0n) is 40.3. The molecule has 1 N–H and O–H groups in total. The first-order valence-corrected chi connectivity index (χ1v) is 30.8. The number of hydrogen-bond acceptors (Lipinski definition) is 16. The minimum absolute atomic E-state index is 0.0590. The van der Waals surface area contributed by atoms with Gasteiger partial charge in [-0.1, -0.05) is 13.8 Å². The van der Waals surface area contributed by atoms with Crippen LogP contribution in [-0.2, 0) is 50.1 Å². The quantitative estimate of drug-likeness (QED) is 0.118. The van der Waals surface area contributed by atoms with Crippen LogP contribution in [0.1, 0.15) is 161 Å². The lowest BCUT2D eigenvalue weighted by atomic mass is 9.88. The molecule has 21 heteroatoms. The molecule has 0 spiro atoms. The molecule has 4 aromatic rings. The second-order valence-corrected chi connectivity index (χ2v) is 25.4. The van der Waals surface area contributed by atoms with Gasteiger partial charge in [-0.2, -0.15) is 8.61 Å². The summed E-state index contributed by atoms with van der Waals surface area (Å²) in [5, 5.41) is 16.0. The number of halogens is 1. The smallest absolute Gasteiger partial charge is 0.316 e. The van der Waals surface area contributed by atoms with Crippen molar-refractivity contribution in [2.75, 3.05) is 12.5 Å². The Bertz CT molecular complexity index is 2440. The van der Waals surface area contributed by atoms with Gasteiger partial charge in [-0.05, 0) is 127 Å². The molecule has 8 heterocycles. The van der Waals surface area contributed by atoms with Crippen molar-refractivity contribution in [3.8, 4) is 12.0 Å². The van der Waals surface area contributed by atoms with Crippen molar-refractivity contribution in [2.24, 2.45) is 0 Å². The van der Waals surface area contributed by atoms with E-state index in [0.29, 0.717) is 49.2 Å². The lowest BCUT2D eigenvalue weighted by Gasteiger charge is -2.36.